The first kappa shape index (κ1) is 14.1. The lowest BCUT2D eigenvalue weighted by Crippen LogP contribution is -2.03. The molecule has 2 heterocycles. The summed E-state index contributed by atoms with van der Waals surface area (Å²) in [5, 5.41) is 18.4. The Bertz CT molecular complexity index is 560. The van der Waals surface area contributed by atoms with Gasteiger partial charge in [0.15, 0.2) is 5.16 Å². The lowest BCUT2D eigenvalue weighted by molar-refractivity contribution is 0.271. The van der Waals surface area contributed by atoms with E-state index in [0.717, 1.165) is 22.5 Å². The third-order valence-electron chi connectivity index (χ3n) is 3.05. The first-order valence-electron chi connectivity index (χ1n) is 6.17. The second-order valence-electron chi connectivity index (χ2n) is 4.73. The van der Waals surface area contributed by atoms with Gasteiger partial charge in [0.2, 0.25) is 0 Å². The van der Waals surface area contributed by atoms with Crippen LogP contribution in [0.2, 0.25) is 0 Å². The summed E-state index contributed by atoms with van der Waals surface area (Å²) in [6, 6.07) is 0. The highest BCUT2D eigenvalue weighted by atomic mass is 32.2. The molecule has 2 aromatic rings. The predicted molar refractivity (Wildman–Crippen MR) is 73.8 cm³/mol. The Morgan fingerprint density at radius 2 is 2.00 bits per heavy atom. The summed E-state index contributed by atoms with van der Waals surface area (Å²) in [6.07, 6.45) is 1.69. The Morgan fingerprint density at radius 1 is 1.26 bits per heavy atom. The molecule has 2 rings (SSSR count). The largest absolute Gasteiger partial charge is 0.390 e. The summed E-state index contributed by atoms with van der Waals surface area (Å²) in [4.78, 5) is 4.28. The Kier molecular flexibility index (Phi) is 4.26. The van der Waals surface area contributed by atoms with Crippen LogP contribution in [-0.2, 0) is 26.5 Å². The summed E-state index contributed by atoms with van der Waals surface area (Å²) >= 11 is 1.59. The SMILES string of the molecule is CC(C)c1nnc(CSc2ncc(CO)n2C)n1C. The highest BCUT2D eigenvalue weighted by molar-refractivity contribution is 7.98. The number of aliphatic hydroxyl groups is 1. The molecule has 104 valence electrons. The summed E-state index contributed by atoms with van der Waals surface area (Å²) in [5.41, 5.74) is 0.809. The van der Waals surface area contributed by atoms with E-state index in [2.05, 4.69) is 29.0 Å². The summed E-state index contributed by atoms with van der Waals surface area (Å²) in [5.74, 6) is 3.01. The zero-order valence-electron chi connectivity index (χ0n) is 11.7. The molecule has 0 bridgehead atoms. The van der Waals surface area contributed by atoms with E-state index in [4.69, 9.17) is 5.11 Å². The summed E-state index contributed by atoms with van der Waals surface area (Å²) in [6.45, 7) is 4.21. The number of rotatable bonds is 5. The van der Waals surface area contributed by atoms with Crippen molar-refractivity contribution in [3.63, 3.8) is 0 Å². The molecular formula is C12H19N5OS. The minimum atomic E-state index is 0.00547. The van der Waals surface area contributed by atoms with Gasteiger partial charge in [-0.3, -0.25) is 0 Å². The standard InChI is InChI=1S/C12H19N5OS/c1-8(2)11-15-14-10(17(11)4)7-19-12-13-5-9(6-18)16(12)3/h5,8,18H,6-7H2,1-4H3. The van der Waals surface area contributed by atoms with Crippen LogP contribution >= 0.6 is 11.8 Å². The van der Waals surface area contributed by atoms with Crippen molar-refractivity contribution in [3.8, 4) is 0 Å². The molecule has 0 atom stereocenters. The van der Waals surface area contributed by atoms with Crippen molar-refractivity contribution >= 4 is 11.8 Å². The molecule has 0 spiro atoms. The van der Waals surface area contributed by atoms with E-state index in [9.17, 15) is 0 Å². The fourth-order valence-electron chi connectivity index (χ4n) is 1.84. The smallest absolute Gasteiger partial charge is 0.168 e. The number of hydrogen-bond acceptors (Lipinski definition) is 5. The van der Waals surface area contributed by atoms with Gasteiger partial charge in [-0.25, -0.2) is 4.98 Å². The van der Waals surface area contributed by atoms with Gasteiger partial charge < -0.3 is 14.2 Å². The van der Waals surface area contributed by atoms with E-state index in [1.165, 1.54) is 0 Å². The van der Waals surface area contributed by atoms with Gasteiger partial charge in [0.1, 0.15) is 11.6 Å². The van der Waals surface area contributed by atoms with E-state index >= 15 is 0 Å². The molecule has 0 aliphatic rings. The van der Waals surface area contributed by atoms with Crippen molar-refractivity contribution < 1.29 is 5.11 Å². The first-order valence-corrected chi connectivity index (χ1v) is 7.15. The number of thioether (sulfide) groups is 1. The fourth-order valence-corrected chi connectivity index (χ4v) is 2.79. The molecule has 0 aliphatic heterocycles. The zero-order chi connectivity index (χ0) is 14.0. The maximum atomic E-state index is 9.13. The van der Waals surface area contributed by atoms with Gasteiger partial charge in [0, 0.05) is 20.0 Å². The molecule has 19 heavy (non-hydrogen) atoms. The average Bonchev–Trinajstić information content (AvgIpc) is 2.91. The monoisotopic (exact) mass is 281 g/mol. The van der Waals surface area contributed by atoms with Gasteiger partial charge in [0.05, 0.1) is 24.3 Å². The van der Waals surface area contributed by atoms with E-state index in [1.807, 2.05) is 23.2 Å². The van der Waals surface area contributed by atoms with Crippen LogP contribution in [0.25, 0.3) is 0 Å². The molecule has 0 aromatic carbocycles. The van der Waals surface area contributed by atoms with Crippen LogP contribution in [0, 0.1) is 0 Å². The van der Waals surface area contributed by atoms with Crippen molar-refractivity contribution in [1.82, 2.24) is 24.3 Å². The number of aromatic nitrogens is 5. The van der Waals surface area contributed by atoms with Crippen molar-refractivity contribution in [2.45, 2.75) is 37.3 Å². The molecule has 0 amide bonds. The van der Waals surface area contributed by atoms with E-state index < -0.39 is 0 Å². The van der Waals surface area contributed by atoms with Gasteiger partial charge in [0.25, 0.3) is 0 Å². The average molecular weight is 281 g/mol. The zero-order valence-corrected chi connectivity index (χ0v) is 12.5. The second kappa shape index (κ2) is 5.75. The normalized spacial score (nSPS) is 11.5. The second-order valence-corrected chi connectivity index (χ2v) is 5.67. The highest BCUT2D eigenvalue weighted by Crippen LogP contribution is 2.22. The minimum absolute atomic E-state index is 0.00547. The van der Waals surface area contributed by atoms with Crippen LogP contribution in [0.15, 0.2) is 11.4 Å². The molecular weight excluding hydrogens is 262 g/mol. The molecule has 0 saturated heterocycles. The lowest BCUT2D eigenvalue weighted by Gasteiger charge is -2.06. The predicted octanol–water partition coefficient (Wildman–Crippen LogP) is 1.46. The van der Waals surface area contributed by atoms with Gasteiger partial charge in [-0.1, -0.05) is 25.6 Å². The Balaban J connectivity index is 2.08. The molecule has 7 heteroatoms. The summed E-state index contributed by atoms with van der Waals surface area (Å²) < 4.78 is 3.93. The van der Waals surface area contributed by atoms with E-state index in [0.29, 0.717) is 11.7 Å². The molecule has 2 aromatic heterocycles. The number of aliphatic hydroxyl groups excluding tert-OH is 1. The van der Waals surface area contributed by atoms with Crippen molar-refractivity contribution in [2.24, 2.45) is 14.1 Å². The Hall–Kier alpha value is -1.34. The van der Waals surface area contributed by atoms with Crippen molar-refractivity contribution in [2.75, 3.05) is 0 Å². The Labute approximate surface area is 116 Å². The molecule has 0 saturated carbocycles. The molecule has 0 radical (unpaired) electrons. The maximum Gasteiger partial charge on any atom is 0.168 e. The van der Waals surface area contributed by atoms with E-state index in [1.54, 1.807) is 18.0 Å². The van der Waals surface area contributed by atoms with Crippen molar-refractivity contribution in [1.29, 1.82) is 0 Å². The number of nitrogens with zero attached hydrogens (tertiary/aromatic N) is 5. The number of imidazole rings is 1. The van der Waals surface area contributed by atoms with Gasteiger partial charge in [-0.05, 0) is 0 Å². The Morgan fingerprint density at radius 3 is 2.53 bits per heavy atom. The highest BCUT2D eigenvalue weighted by Gasteiger charge is 2.13. The minimum Gasteiger partial charge on any atom is -0.390 e. The quantitative estimate of drug-likeness (QED) is 0.840. The number of hydrogen-bond donors (Lipinski definition) is 1. The fraction of sp³-hybridized carbons (Fsp3) is 0.583. The van der Waals surface area contributed by atoms with Crippen molar-refractivity contribution in [3.05, 3.63) is 23.5 Å². The first-order chi connectivity index (χ1) is 9.04. The molecule has 0 unspecified atom stereocenters. The third-order valence-corrected chi connectivity index (χ3v) is 4.09. The third kappa shape index (κ3) is 2.82. The lowest BCUT2D eigenvalue weighted by atomic mass is 10.2. The van der Waals surface area contributed by atoms with Gasteiger partial charge in [-0.15, -0.1) is 10.2 Å². The topological polar surface area (TPSA) is 68.8 Å². The van der Waals surface area contributed by atoms with Crippen LogP contribution in [0.1, 0.15) is 37.1 Å². The van der Waals surface area contributed by atoms with Gasteiger partial charge in [-0.2, -0.15) is 0 Å². The van der Waals surface area contributed by atoms with Crippen LogP contribution in [0.5, 0.6) is 0 Å². The van der Waals surface area contributed by atoms with Crippen LogP contribution in [0.3, 0.4) is 0 Å². The molecule has 6 nitrogen and oxygen atoms in total. The van der Waals surface area contributed by atoms with Crippen LogP contribution in [-0.4, -0.2) is 29.4 Å². The summed E-state index contributed by atoms with van der Waals surface area (Å²) in [7, 11) is 3.89. The van der Waals surface area contributed by atoms with Gasteiger partial charge >= 0.3 is 0 Å². The maximum absolute atomic E-state index is 9.13. The van der Waals surface area contributed by atoms with Crippen LogP contribution < -0.4 is 0 Å². The van der Waals surface area contributed by atoms with E-state index in [-0.39, 0.29) is 6.61 Å². The van der Waals surface area contributed by atoms with Crippen LogP contribution in [0.4, 0.5) is 0 Å². The molecule has 1 N–H and O–H groups in total. The molecule has 0 aliphatic carbocycles. The molecule has 0 fully saturated rings.